The first-order chi connectivity index (χ1) is 8.65. The number of carbonyl (C=O) groups excluding carboxylic acids is 1. The fourth-order valence-corrected chi connectivity index (χ4v) is 1.41. The molecule has 1 rings (SSSR count). The van der Waals surface area contributed by atoms with Crippen molar-refractivity contribution in [1.82, 2.24) is 5.32 Å². The molecule has 98 valence electrons. The molecule has 0 unspecified atom stereocenters. The van der Waals surface area contributed by atoms with Crippen LogP contribution < -0.4 is 5.32 Å². The van der Waals surface area contributed by atoms with Gasteiger partial charge in [0.2, 0.25) is 0 Å². The first-order valence-corrected chi connectivity index (χ1v) is 5.62. The average molecular weight is 252 g/mol. The Morgan fingerprint density at radius 1 is 1.39 bits per heavy atom. The summed E-state index contributed by atoms with van der Waals surface area (Å²) in [6, 6.07) is 5.60. The van der Waals surface area contributed by atoms with Crippen LogP contribution in [0, 0.1) is 10.1 Å². The Morgan fingerprint density at radius 3 is 2.61 bits per heavy atom. The summed E-state index contributed by atoms with van der Waals surface area (Å²) in [5, 5.41) is 13.4. The number of non-ortho nitro benzene ring substituents is 1. The van der Waals surface area contributed by atoms with Gasteiger partial charge in [-0.15, -0.1) is 0 Å². The molecule has 6 heteroatoms. The number of benzene rings is 1. The van der Waals surface area contributed by atoms with Gasteiger partial charge in [-0.25, -0.2) is 0 Å². The molecule has 0 saturated carbocycles. The number of rotatable bonds is 8. The molecule has 18 heavy (non-hydrogen) atoms. The smallest absolute Gasteiger partial charge is 0.269 e. The first-order valence-electron chi connectivity index (χ1n) is 5.62. The van der Waals surface area contributed by atoms with Crippen LogP contribution >= 0.6 is 0 Å². The quantitative estimate of drug-likeness (QED) is 0.327. The lowest BCUT2D eigenvalue weighted by Gasteiger charge is -2.03. The molecule has 0 bridgehead atoms. The maximum absolute atomic E-state index is 11.7. The zero-order chi connectivity index (χ0) is 13.4. The van der Waals surface area contributed by atoms with Gasteiger partial charge in [-0.3, -0.25) is 14.9 Å². The van der Waals surface area contributed by atoms with Crippen LogP contribution in [0.3, 0.4) is 0 Å². The van der Waals surface area contributed by atoms with Gasteiger partial charge in [-0.2, -0.15) is 0 Å². The number of carbonyl (C=O) groups is 1. The summed E-state index contributed by atoms with van der Waals surface area (Å²) < 4.78 is 4.88. The second kappa shape index (κ2) is 7.52. The van der Waals surface area contributed by atoms with Gasteiger partial charge in [0.15, 0.2) is 5.78 Å². The van der Waals surface area contributed by atoms with E-state index in [-0.39, 0.29) is 18.0 Å². The van der Waals surface area contributed by atoms with Crippen molar-refractivity contribution in [2.24, 2.45) is 0 Å². The minimum Gasteiger partial charge on any atom is -0.385 e. The van der Waals surface area contributed by atoms with E-state index in [0.29, 0.717) is 18.7 Å². The van der Waals surface area contributed by atoms with Gasteiger partial charge in [0.25, 0.3) is 5.69 Å². The van der Waals surface area contributed by atoms with Crippen molar-refractivity contribution in [3.05, 3.63) is 39.9 Å². The lowest BCUT2D eigenvalue weighted by Crippen LogP contribution is -2.24. The Balaban J connectivity index is 2.39. The Hall–Kier alpha value is -1.79. The predicted octanol–water partition coefficient (Wildman–Crippen LogP) is 1.40. The molecule has 0 amide bonds. The number of nitro groups is 1. The molecule has 0 aliphatic rings. The van der Waals surface area contributed by atoms with E-state index in [1.165, 1.54) is 24.3 Å². The molecule has 0 heterocycles. The van der Waals surface area contributed by atoms with E-state index in [2.05, 4.69) is 5.32 Å². The number of nitrogens with one attached hydrogen (secondary N) is 1. The number of hydrogen-bond acceptors (Lipinski definition) is 5. The van der Waals surface area contributed by atoms with E-state index >= 15 is 0 Å². The topological polar surface area (TPSA) is 81.5 Å². The van der Waals surface area contributed by atoms with E-state index in [9.17, 15) is 14.9 Å². The van der Waals surface area contributed by atoms with Gasteiger partial charge >= 0.3 is 0 Å². The Morgan fingerprint density at radius 2 is 2.06 bits per heavy atom. The van der Waals surface area contributed by atoms with E-state index in [1.54, 1.807) is 7.11 Å². The van der Waals surface area contributed by atoms with Crippen molar-refractivity contribution >= 4 is 11.5 Å². The summed E-state index contributed by atoms with van der Waals surface area (Å²) in [5.74, 6) is -0.0812. The molecule has 0 fully saturated rings. The molecule has 1 aromatic carbocycles. The highest BCUT2D eigenvalue weighted by molar-refractivity contribution is 5.97. The number of nitro benzene ring substituents is 1. The highest BCUT2D eigenvalue weighted by Crippen LogP contribution is 2.11. The Kier molecular flexibility index (Phi) is 5.96. The van der Waals surface area contributed by atoms with Gasteiger partial charge < -0.3 is 10.1 Å². The average Bonchev–Trinajstić information content (AvgIpc) is 2.38. The number of ketones is 1. The number of ether oxygens (including phenoxy) is 1. The van der Waals surface area contributed by atoms with Crippen LogP contribution in [-0.2, 0) is 4.74 Å². The van der Waals surface area contributed by atoms with Crippen LogP contribution in [0.1, 0.15) is 16.8 Å². The molecular weight excluding hydrogens is 236 g/mol. The maximum atomic E-state index is 11.7. The summed E-state index contributed by atoms with van der Waals surface area (Å²) in [4.78, 5) is 21.7. The minimum absolute atomic E-state index is 0.0143. The van der Waals surface area contributed by atoms with Crippen molar-refractivity contribution < 1.29 is 14.5 Å². The second-order valence-electron chi connectivity index (χ2n) is 3.75. The minimum atomic E-state index is -0.489. The third kappa shape index (κ3) is 4.60. The summed E-state index contributed by atoms with van der Waals surface area (Å²) in [6.45, 7) is 1.58. The molecule has 0 saturated heterocycles. The summed E-state index contributed by atoms with van der Waals surface area (Å²) >= 11 is 0. The number of methoxy groups -OCH3 is 1. The molecule has 0 aliphatic carbocycles. The third-order valence-electron chi connectivity index (χ3n) is 2.39. The third-order valence-corrected chi connectivity index (χ3v) is 2.39. The van der Waals surface area contributed by atoms with E-state index < -0.39 is 4.92 Å². The van der Waals surface area contributed by atoms with Crippen molar-refractivity contribution in [2.45, 2.75) is 6.42 Å². The fourth-order valence-electron chi connectivity index (χ4n) is 1.41. The molecule has 1 N–H and O–H groups in total. The van der Waals surface area contributed by atoms with Gasteiger partial charge in [-0.05, 0) is 25.1 Å². The summed E-state index contributed by atoms with van der Waals surface area (Å²) in [5.41, 5.74) is 0.458. The molecule has 0 radical (unpaired) electrons. The van der Waals surface area contributed by atoms with Gasteiger partial charge in [-0.1, -0.05) is 0 Å². The monoisotopic (exact) mass is 252 g/mol. The van der Waals surface area contributed by atoms with Crippen LogP contribution in [-0.4, -0.2) is 37.5 Å². The lowest BCUT2D eigenvalue weighted by molar-refractivity contribution is -0.384. The van der Waals surface area contributed by atoms with Gasteiger partial charge in [0, 0.05) is 31.4 Å². The van der Waals surface area contributed by atoms with Crippen LogP contribution in [0.5, 0.6) is 0 Å². The van der Waals surface area contributed by atoms with E-state index in [1.807, 2.05) is 0 Å². The molecule has 6 nitrogen and oxygen atoms in total. The lowest BCUT2D eigenvalue weighted by atomic mass is 10.1. The van der Waals surface area contributed by atoms with Crippen LogP contribution in [0.2, 0.25) is 0 Å². The molecular formula is C12H16N2O4. The van der Waals surface area contributed by atoms with Crippen molar-refractivity contribution in [3.8, 4) is 0 Å². The highest BCUT2D eigenvalue weighted by atomic mass is 16.6. The van der Waals surface area contributed by atoms with E-state index in [4.69, 9.17) is 4.74 Å². The molecule has 1 aromatic rings. The SMILES string of the molecule is COCCCNCC(=O)c1ccc([N+](=O)[O-])cc1. The molecule has 0 spiro atoms. The molecule has 0 atom stereocenters. The van der Waals surface area contributed by atoms with Gasteiger partial charge in [0.05, 0.1) is 11.5 Å². The second-order valence-corrected chi connectivity index (χ2v) is 3.75. The highest BCUT2D eigenvalue weighted by Gasteiger charge is 2.08. The summed E-state index contributed by atoms with van der Waals surface area (Å²) in [6.07, 6.45) is 0.837. The summed E-state index contributed by atoms with van der Waals surface area (Å²) in [7, 11) is 1.63. The predicted molar refractivity (Wildman–Crippen MR) is 66.8 cm³/mol. The van der Waals surface area contributed by atoms with Gasteiger partial charge in [0.1, 0.15) is 0 Å². The normalized spacial score (nSPS) is 10.3. The molecule has 0 aromatic heterocycles. The number of nitrogens with zero attached hydrogens (tertiary/aromatic N) is 1. The van der Waals surface area contributed by atoms with Crippen LogP contribution in [0.4, 0.5) is 5.69 Å². The van der Waals surface area contributed by atoms with Crippen LogP contribution in [0.15, 0.2) is 24.3 Å². The van der Waals surface area contributed by atoms with E-state index in [0.717, 1.165) is 6.42 Å². The fraction of sp³-hybridized carbons (Fsp3) is 0.417. The number of Topliss-reactive ketones (excluding diaryl/α,β-unsaturated/α-hetero) is 1. The number of hydrogen-bond donors (Lipinski definition) is 1. The van der Waals surface area contributed by atoms with Crippen molar-refractivity contribution in [2.75, 3.05) is 26.8 Å². The largest absolute Gasteiger partial charge is 0.385 e. The van der Waals surface area contributed by atoms with Crippen molar-refractivity contribution in [3.63, 3.8) is 0 Å². The standard InChI is InChI=1S/C12H16N2O4/c1-18-8-2-7-13-9-12(15)10-3-5-11(6-4-10)14(16)17/h3-6,13H,2,7-9H2,1H3. The van der Waals surface area contributed by atoms with Crippen LogP contribution in [0.25, 0.3) is 0 Å². The Labute approximate surface area is 105 Å². The maximum Gasteiger partial charge on any atom is 0.269 e. The van der Waals surface area contributed by atoms with Crippen molar-refractivity contribution in [1.29, 1.82) is 0 Å². The zero-order valence-corrected chi connectivity index (χ0v) is 10.2. The zero-order valence-electron chi connectivity index (χ0n) is 10.2. The molecule has 0 aliphatic heterocycles. The first kappa shape index (κ1) is 14.3. The Bertz CT molecular complexity index is 403.